The molecule has 0 radical (unpaired) electrons. The summed E-state index contributed by atoms with van der Waals surface area (Å²) in [6.07, 6.45) is 9.29. The maximum absolute atomic E-state index is 6.29. The summed E-state index contributed by atoms with van der Waals surface area (Å²) in [4.78, 5) is 0. The monoisotopic (exact) mass is 223 g/mol. The van der Waals surface area contributed by atoms with Crippen LogP contribution in [0.15, 0.2) is 0 Å². The average Bonchev–Trinajstić information content (AvgIpc) is 2.23. The molecule has 1 atom stereocenters. The van der Waals surface area contributed by atoms with Gasteiger partial charge >= 0.3 is 0 Å². The first-order chi connectivity index (χ1) is 7.76. The molecule has 4 aliphatic rings. The van der Waals surface area contributed by atoms with E-state index in [-0.39, 0.29) is 0 Å². The van der Waals surface area contributed by atoms with Gasteiger partial charge in [0.15, 0.2) is 0 Å². The summed E-state index contributed by atoms with van der Waals surface area (Å²) < 4.78 is 6.29. The lowest BCUT2D eigenvalue weighted by Gasteiger charge is -2.54. The van der Waals surface area contributed by atoms with Crippen molar-refractivity contribution in [3.8, 4) is 0 Å². The Morgan fingerprint density at radius 2 is 1.62 bits per heavy atom. The molecular formula is C14H25NO. The van der Waals surface area contributed by atoms with Gasteiger partial charge in [0, 0.05) is 0 Å². The SMILES string of the molecule is CC(CCN)OC1C2CC3CC(C2)CC1C3. The predicted molar refractivity (Wildman–Crippen MR) is 65.1 cm³/mol. The molecular weight excluding hydrogens is 198 g/mol. The Labute approximate surface area is 98.9 Å². The summed E-state index contributed by atoms with van der Waals surface area (Å²) in [6.45, 7) is 2.95. The van der Waals surface area contributed by atoms with Gasteiger partial charge in [0.05, 0.1) is 12.2 Å². The maximum Gasteiger partial charge on any atom is 0.0635 e. The fraction of sp³-hybridized carbons (Fsp3) is 1.00. The molecule has 4 aliphatic carbocycles. The van der Waals surface area contributed by atoms with E-state index in [2.05, 4.69) is 6.92 Å². The van der Waals surface area contributed by atoms with Crippen LogP contribution in [0.2, 0.25) is 0 Å². The van der Waals surface area contributed by atoms with Gasteiger partial charge in [0.2, 0.25) is 0 Å². The van der Waals surface area contributed by atoms with Crippen LogP contribution >= 0.6 is 0 Å². The van der Waals surface area contributed by atoms with Crippen LogP contribution in [0.3, 0.4) is 0 Å². The molecule has 2 N–H and O–H groups in total. The van der Waals surface area contributed by atoms with Gasteiger partial charge in [-0.15, -0.1) is 0 Å². The summed E-state index contributed by atoms with van der Waals surface area (Å²) in [5.74, 6) is 3.87. The lowest BCUT2D eigenvalue weighted by atomic mass is 9.55. The van der Waals surface area contributed by atoms with Gasteiger partial charge in [0.25, 0.3) is 0 Å². The van der Waals surface area contributed by atoms with Crippen LogP contribution in [-0.2, 0) is 4.74 Å². The zero-order chi connectivity index (χ0) is 11.1. The first-order valence-corrected chi connectivity index (χ1v) is 7.11. The molecule has 0 aromatic carbocycles. The molecule has 4 saturated carbocycles. The van der Waals surface area contributed by atoms with E-state index in [9.17, 15) is 0 Å². The van der Waals surface area contributed by atoms with Crippen molar-refractivity contribution >= 4 is 0 Å². The molecule has 2 heteroatoms. The standard InChI is InChI=1S/C14H25NO/c1-9(2-3-15)16-14-12-5-10-4-11(7-12)8-13(14)6-10/h9-14H,2-8,15H2,1H3. The van der Waals surface area contributed by atoms with Gasteiger partial charge < -0.3 is 10.5 Å². The summed E-state index contributed by atoms with van der Waals surface area (Å²) >= 11 is 0. The van der Waals surface area contributed by atoms with E-state index in [0.717, 1.165) is 36.6 Å². The fourth-order valence-electron chi connectivity index (χ4n) is 4.67. The molecule has 16 heavy (non-hydrogen) atoms. The summed E-state index contributed by atoms with van der Waals surface area (Å²) in [5, 5.41) is 0. The molecule has 0 aromatic heterocycles. The Morgan fingerprint density at radius 3 is 2.12 bits per heavy atom. The molecule has 0 aromatic rings. The topological polar surface area (TPSA) is 35.2 Å². The fourth-order valence-corrected chi connectivity index (χ4v) is 4.67. The Hall–Kier alpha value is -0.0800. The van der Waals surface area contributed by atoms with Gasteiger partial charge in [-0.2, -0.15) is 0 Å². The molecule has 4 bridgehead atoms. The number of nitrogens with two attached hydrogens (primary N) is 1. The molecule has 0 amide bonds. The lowest BCUT2D eigenvalue weighted by Crippen LogP contribution is -2.50. The molecule has 1 unspecified atom stereocenters. The zero-order valence-corrected chi connectivity index (χ0v) is 10.4. The number of hydrogen-bond acceptors (Lipinski definition) is 2. The summed E-state index contributed by atoms with van der Waals surface area (Å²) in [7, 11) is 0. The van der Waals surface area contributed by atoms with E-state index in [0.29, 0.717) is 12.2 Å². The largest absolute Gasteiger partial charge is 0.375 e. The Morgan fingerprint density at radius 1 is 1.06 bits per heavy atom. The second-order valence-corrected chi connectivity index (χ2v) is 6.42. The highest BCUT2D eigenvalue weighted by Gasteiger charge is 2.48. The smallest absolute Gasteiger partial charge is 0.0635 e. The summed E-state index contributed by atoms with van der Waals surface area (Å²) in [6, 6.07) is 0. The van der Waals surface area contributed by atoms with Crippen LogP contribution < -0.4 is 5.73 Å². The Kier molecular flexibility index (Phi) is 2.97. The van der Waals surface area contributed by atoms with E-state index >= 15 is 0 Å². The minimum atomic E-state index is 0.368. The zero-order valence-electron chi connectivity index (χ0n) is 10.4. The van der Waals surface area contributed by atoms with E-state index in [1.807, 2.05) is 0 Å². The molecule has 2 nitrogen and oxygen atoms in total. The van der Waals surface area contributed by atoms with Crippen molar-refractivity contribution in [2.45, 2.75) is 57.7 Å². The van der Waals surface area contributed by atoms with Crippen LogP contribution in [-0.4, -0.2) is 18.8 Å². The van der Waals surface area contributed by atoms with Crippen LogP contribution in [0.25, 0.3) is 0 Å². The van der Waals surface area contributed by atoms with Gasteiger partial charge in [0.1, 0.15) is 0 Å². The first-order valence-electron chi connectivity index (χ1n) is 7.11. The van der Waals surface area contributed by atoms with Gasteiger partial charge in [-0.25, -0.2) is 0 Å². The highest BCUT2D eigenvalue weighted by molar-refractivity contribution is 4.99. The van der Waals surface area contributed by atoms with Crippen LogP contribution in [0.4, 0.5) is 0 Å². The van der Waals surface area contributed by atoms with Crippen molar-refractivity contribution in [3.63, 3.8) is 0 Å². The quantitative estimate of drug-likeness (QED) is 0.795. The maximum atomic E-state index is 6.29. The van der Waals surface area contributed by atoms with Crippen molar-refractivity contribution in [2.24, 2.45) is 29.4 Å². The van der Waals surface area contributed by atoms with Crippen molar-refractivity contribution in [1.29, 1.82) is 0 Å². The van der Waals surface area contributed by atoms with Crippen molar-refractivity contribution in [2.75, 3.05) is 6.54 Å². The molecule has 92 valence electrons. The van der Waals surface area contributed by atoms with E-state index in [1.54, 1.807) is 0 Å². The Bertz CT molecular complexity index is 225. The Balaban J connectivity index is 1.63. The number of hydrogen-bond donors (Lipinski definition) is 1. The highest BCUT2D eigenvalue weighted by atomic mass is 16.5. The minimum Gasteiger partial charge on any atom is -0.375 e. The van der Waals surface area contributed by atoms with Crippen LogP contribution in [0.1, 0.15) is 45.4 Å². The molecule has 0 saturated heterocycles. The average molecular weight is 223 g/mol. The lowest BCUT2D eigenvalue weighted by molar-refractivity contribution is -0.147. The van der Waals surface area contributed by atoms with Gasteiger partial charge in [-0.3, -0.25) is 0 Å². The second-order valence-electron chi connectivity index (χ2n) is 6.42. The van der Waals surface area contributed by atoms with Crippen LogP contribution in [0, 0.1) is 23.7 Å². The molecule has 4 fully saturated rings. The van der Waals surface area contributed by atoms with E-state index in [4.69, 9.17) is 10.5 Å². The molecule has 0 spiro atoms. The normalized spacial score (nSPS) is 47.2. The second kappa shape index (κ2) is 4.30. The van der Waals surface area contributed by atoms with E-state index < -0.39 is 0 Å². The highest BCUT2D eigenvalue weighted by Crippen LogP contribution is 2.54. The van der Waals surface area contributed by atoms with Crippen LogP contribution in [0.5, 0.6) is 0 Å². The number of rotatable bonds is 4. The minimum absolute atomic E-state index is 0.368. The summed E-state index contributed by atoms with van der Waals surface area (Å²) in [5.41, 5.74) is 5.60. The van der Waals surface area contributed by atoms with Crippen molar-refractivity contribution < 1.29 is 4.74 Å². The predicted octanol–water partition coefficient (Wildman–Crippen LogP) is 2.57. The van der Waals surface area contributed by atoms with Crippen molar-refractivity contribution in [3.05, 3.63) is 0 Å². The third-order valence-corrected chi connectivity index (χ3v) is 5.10. The van der Waals surface area contributed by atoms with Gasteiger partial charge in [-0.1, -0.05) is 0 Å². The first kappa shape index (κ1) is 11.0. The molecule has 0 aliphatic heterocycles. The third-order valence-electron chi connectivity index (χ3n) is 5.10. The van der Waals surface area contributed by atoms with Crippen molar-refractivity contribution in [1.82, 2.24) is 0 Å². The van der Waals surface area contributed by atoms with Gasteiger partial charge in [-0.05, 0) is 75.7 Å². The molecule has 4 rings (SSSR count). The molecule has 0 heterocycles. The van der Waals surface area contributed by atoms with E-state index in [1.165, 1.54) is 32.1 Å². The third kappa shape index (κ3) is 1.91. The number of ether oxygens (including phenoxy) is 1.